The molecule has 0 unspecified atom stereocenters. The lowest BCUT2D eigenvalue weighted by Gasteiger charge is -2.34. The first kappa shape index (κ1) is 29.1. The zero-order valence-electron chi connectivity index (χ0n) is 28.8. The highest BCUT2D eigenvalue weighted by atomic mass is 15.0. The fourth-order valence-corrected chi connectivity index (χ4v) is 9.29. The molecule has 11 rings (SSSR count). The average Bonchev–Trinajstić information content (AvgIpc) is 3.81. The molecule has 0 saturated heterocycles. The molecule has 8 aromatic carbocycles. The van der Waals surface area contributed by atoms with Crippen molar-refractivity contribution in [3.63, 3.8) is 0 Å². The highest BCUT2D eigenvalue weighted by molar-refractivity contribution is 6.13. The van der Waals surface area contributed by atoms with Gasteiger partial charge < -0.3 is 9.13 Å². The van der Waals surface area contributed by atoms with Crippen LogP contribution in [-0.4, -0.2) is 9.13 Å². The molecule has 0 atom stereocenters. The van der Waals surface area contributed by atoms with E-state index in [1.165, 1.54) is 88.2 Å². The number of aryl methyl sites for hydroxylation is 1. The molecule has 0 aliphatic heterocycles. The maximum absolute atomic E-state index is 2.51. The van der Waals surface area contributed by atoms with Crippen molar-refractivity contribution in [2.24, 2.45) is 0 Å². The van der Waals surface area contributed by atoms with E-state index in [2.05, 4.69) is 204 Å². The van der Waals surface area contributed by atoms with Crippen LogP contribution in [0.1, 0.15) is 27.8 Å². The minimum atomic E-state index is -0.470. The highest BCUT2D eigenvalue weighted by Gasteiger charge is 2.46. The molecular weight excluding hydrogens is 629 g/mol. The first-order valence-electron chi connectivity index (χ1n) is 18.1. The molecule has 0 fully saturated rings. The van der Waals surface area contributed by atoms with Gasteiger partial charge in [-0.1, -0.05) is 139 Å². The standard InChI is InChI=1S/C50H34N2/c1-33-25-27-38-41-31-43-40-22-12-14-24-47(40)52(37-26-28-48-42(30-37)39-21-11-13-23-46(39)51(48)36-19-9-4-10-20-36)49(43)32-45(41)50(44(38)29-33,34-15-5-2-6-16-34)35-17-7-3-8-18-35/h2-32H,1H3. The summed E-state index contributed by atoms with van der Waals surface area (Å²) in [6, 6.07) is 69.6. The van der Waals surface area contributed by atoms with E-state index in [0.29, 0.717) is 0 Å². The van der Waals surface area contributed by atoms with Gasteiger partial charge in [0.2, 0.25) is 0 Å². The molecule has 2 nitrogen and oxygen atoms in total. The van der Waals surface area contributed by atoms with Crippen molar-refractivity contribution in [2.75, 3.05) is 0 Å². The molecule has 10 aromatic rings. The fourth-order valence-electron chi connectivity index (χ4n) is 9.29. The zero-order chi connectivity index (χ0) is 34.4. The monoisotopic (exact) mass is 662 g/mol. The third kappa shape index (κ3) is 3.89. The van der Waals surface area contributed by atoms with Gasteiger partial charge >= 0.3 is 0 Å². The Balaban J connectivity index is 1.25. The Bertz CT molecular complexity index is 2960. The van der Waals surface area contributed by atoms with Crippen molar-refractivity contribution in [1.29, 1.82) is 0 Å². The van der Waals surface area contributed by atoms with E-state index in [-0.39, 0.29) is 0 Å². The fraction of sp³-hybridized carbons (Fsp3) is 0.0400. The smallest absolute Gasteiger partial charge is 0.0714 e. The van der Waals surface area contributed by atoms with E-state index >= 15 is 0 Å². The summed E-state index contributed by atoms with van der Waals surface area (Å²) in [5, 5.41) is 5.03. The van der Waals surface area contributed by atoms with Gasteiger partial charge in [0.05, 0.1) is 27.5 Å². The summed E-state index contributed by atoms with van der Waals surface area (Å²) in [5.41, 5.74) is 15.8. The van der Waals surface area contributed by atoms with Gasteiger partial charge in [0.15, 0.2) is 0 Å². The first-order chi connectivity index (χ1) is 25.7. The van der Waals surface area contributed by atoms with Crippen LogP contribution in [0.3, 0.4) is 0 Å². The van der Waals surface area contributed by atoms with Crippen LogP contribution < -0.4 is 0 Å². The Labute approximate surface area is 302 Å². The Morgan fingerprint density at radius 2 is 0.865 bits per heavy atom. The molecule has 2 heteroatoms. The van der Waals surface area contributed by atoms with Crippen LogP contribution in [-0.2, 0) is 5.41 Å². The molecule has 2 aromatic heterocycles. The number of rotatable bonds is 4. The summed E-state index contributed by atoms with van der Waals surface area (Å²) < 4.78 is 4.88. The van der Waals surface area contributed by atoms with Crippen molar-refractivity contribution in [1.82, 2.24) is 9.13 Å². The molecule has 2 heterocycles. The summed E-state index contributed by atoms with van der Waals surface area (Å²) in [6.45, 7) is 2.22. The number of fused-ring (bicyclic) bond motifs is 9. The van der Waals surface area contributed by atoms with Crippen molar-refractivity contribution in [2.45, 2.75) is 12.3 Å². The van der Waals surface area contributed by atoms with Crippen molar-refractivity contribution in [3.8, 4) is 22.5 Å². The molecule has 0 N–H and O–H groups in total. The van der Waals surface area contributed by atoms with Crippen molar-refractivity contribution in [3.05, 3.63) is 216 Å². The van der Waals surface area contributed by atoms with E-state index in [9.17, 15) is 0 Å². The lowest BCUT2D eigenvalue weighted by Crippen LogP contribution is -2.28. The second-order valence-corrected chi connectivity index (χ2v) is 14.2. The van der Waals surface area contributed by atoms with Gasteiger partial charge in [-0.25, -0.2) is 0 Å². The SMILES string of the molecule is Cc1ccc2c(c1)C(c1ccccc1)(c1ccccc1)c1cc3c(cc1-2)c1ccccc1n3-c1ccc2c(c1)c1ccccc1n2-c1ccccc1. The van der Waals surface area contributed by atoms with Crippen LogP contribution >= 0.6 is 0 Å². The summed E-state index contributed by atoms with van der Waals surface area (Å²) in [6.07, 6.45) is 0. The second-order valence-electron chi connectivity index (χ2n) is 14.2. The van der Waals surface area contributed by atoms with E-state index < -0.39 is 5.41 Å². The van der Waals surface area contributed by atoms with Crippen LogP contribution in [0, 0.1) is 6.92 Å². The first-order valence-corrected chi connectivity index (χ1v) is 18.1. The topological polar surface area (TPSA) is 9.86 Å². The Kier molecular flexibility index (Phi) is 6.12. The van der Waals surface area contributed by atoms with Gasteiger partial charge in [-0.2, -0.15) is 0 Å². The van der Waals surface area contributed by atoms with Crippen molar-refractivity contribution < 1.29 is 0 Å². The van der Waals surface area contributed by atoms with Gasteiger partial charge in [0.1, 0.15) is 0 Å². The maximum atomic E-state index is 2.51. The molecular formula is C50H34N2. The number of nitrogens with zero attached hydrogens (tertiary/aromatic N) is 2. The van der Waals surface area contributed by atoms with Gasteiger partial charge in [-0.05, 0) is 94.9 Å². The number of hydrogen-bond donors (Lipinski definition) is 0. The Hall–Kier alpha value is -6.64. The predicted octanol–water partition coefficient (Wildman–Crippen LogP) is 12.6. The summed E-state index contributed by atoms with van der Waals surface area (Å²) in [4.78, 5) is 0. The molecule has 0 saturated carbocycles. The highest BCUT2D eigenvalue weighted by Crippen LogP contribution is 2.57. The Morgan fingerprint density at radius 1 is 0.346 bits per heavy atom. The third-order valence-electron chi connectivity index (χ3n) is 11.4. The quantitative estimate of drug-likeness (QED) is 0.177. The van der Waals surface area contributed by atoms with Crippen molar-refractivity contribution >= 4 is 43.6 Å². The molecule has 0 bridgehead atoms. The largest absolute Gasteiger partial charge is 0.309 e. The van der Waals surface area contributed by atoms with Crippen LogP contribution in [0.5, 0.6) is 0 Å². The molecule has 244 valence electrons. The lowest BCUT2D eigenvalue weighted by atomic mass is 9.67. The van der Waals surface area contributed by atoms with Gasteiger partial charge in [0.25, 0.3) is 0 Å². The van der Waals surface area contributed by atoms with Crippen LogP contribution in [0.2, 0.25) is 0 Å². The van der Waals surface area contributed by atoms with Gasteiger partial charge in [-0.15, -0.1) is 0 Å². The minimum absolute atomic E-state index is 0.470. The molecule has 1 aliphatic carbocycles. The molecule has 0 amide bonds. The van der Waals surface area contributed by atoms with Crippen LogP contribution in [0.15, 0.2) is 188 Å². The van der Waals surface area contributed by atoms with E-state index in [1.807, 2.05) is 0 Å². The summed E-state index contributed by atoms with van der Waals surface area (Å²) in [7, 11) is 0. The maximum Gasteiger partial charge on any atom is 0.0714 e. The van der Waals surface area contributed by atoms with Gasteiger partial charge in [-0.3, -0.25) is 0 Å². The average molecular weight is 663 g/mol. The number of hydrogen-bond acceptors (Lipinski definition) is 0. The number of para-hydroxylation sites is 3. The molecule has 0 radical (unpaired) electrons. The number of aromatic nitrogens is 2. The van der Waals surface area contributed by atoms with Crippen LogP contribution in [0.25, 0.3) is 66.1 Å². The van der Waals surface area contributed by atoms with E-state index in [4.69, 9.17) is 0 Å². The second kappa shape index (κ2) is 10.9. The third-order valence-corrected chi connectivity index (χ3v) is 11.4. The lowest BCUT2D eigenvalue weighted by molar-refractivity contribution is 0.768. The normalized spacial score (nSPS) is 13.2. The molecule has 1 aliphatic rings. The van der Waals surface area contributed by atoms with Gasteiger partial charge in [0, 0.05) is 32.9 Å². The predicted molar refractivity (Wildman–Crippen MR) is 217 cm³/mol. The van der Waals surface area contributed by atoms with E-state index in [0.717, 1.165) is 5.69 Å². The molecule has 0 spiro atoms. The minimum Gasteiger partial charge on any atom is -0.309 e. The van der Waals surface area contributed by atoms with E-state index in [1.54, 1.807) is 0 Å². The summed E-state index contributed by atoms with van der Waals surface area (Å²) >= 11 is 0. The molecule has 52 heavy (non-hydrogen) atoms. The zero-order valence-corrected chi connectivity index (χ0v) is 28.8. The summed E-state index contributed by atoms with van der Waals surface area (Å²) in [5.74, 6) is 0. The van der Waals surface area contributed by atoms with Crippen LogP contribution in [0.4, 0.5) is 0 Å². The number of benzene rings is 8. The Morgan fingerprint density at radius 3 is 1.52 bits per heavy atom.